The lowest BCUT2D eigenvalue weighted by atomic mass is 10.1. The number of thiazole rings is 1. The third-order valence-electron chi connectivity index (χ3n) is 4.21. The minimum atomic E-state index is 0.0963. The van der Waals surface area contributed by atoms with Gasteiger partial charge in [-0.2, -0.15) is 0 Å². The summed E-state index contributed by atoms with van der Waals surface area (Å²) in [6, 6.07) is 13.8. The maximum absolute atomic E-state index is 12.5. The molecule has 136 valence electrons. The third-order valence-corrected chi connectivity index (χ3v) is 5.23. The molecular weight excluding hydrogens is 348 g/mol. The number of fused-ring (bicyclic) bond motifs is 1. The molecule has 3 rings (SSSR count). The van der Waals surface area contributed by atoms with Gasteiger partial charge in [0.05, 0.1) is 31.0 Å². The van der Waals surface area contributed by atoms with Crippen LogP contribution >= 0.6 is 11.3 Å². The van der Waals surface area contributed by atoms with Crippen LogP contribution in [0.25, 0.3) is 10.2 Å². The highest BCUT2D eigenvalue weighted by atomic mass is 32.1. The van der Waals surface area contributed by atoms with Crippen molar-refractivity contribution in [1.82, 2.24) is 9.88 Å². The van der Waals surface area contributed by atoms with Crippen LogP contribution in [-0.4, -0.2) is 37.1 Å². The van der Waals surface area contributed by atoms with Crippen LogP contribution in [0, 0.1) is 0 Å². The summed E-state index contributed by atoms with van der Waals surface area (Å²) in [5, 5.41) is 0.952. The van der Waals surface area contributed by atoms with Crippen LogP contribution in [-0.2, 0) is 17.8 Å². The Hall–Kier alpha value is -2.60. The Morgan fingerprint density at radius 2 is 1.88 bits per heavy atom. The van der Waals surface area contributed by atoms with Crippen molar-refractivity contribution in [3.05, 3.63) is 53.0 Å². The molecule has 3 aromatic rings. The van der Waals surface area contributed by atoms with Gasteiger partial charge in [0.1, 0.15) is 5.01 Å². The van der Waals surface area contributed by atoms with E-state index in [2.05, 4.69) is 11.1 Å². The Morgan fingerprint density at radius 1 is 1.12 bits per heavy atom. The number of para-hydroxylation sites is 1. The largest absolute Gasteiger partial charge is 0.493 e. The smallest absolute Gasteiger partial charge is 0.223 e. The topological polar surface area (TPSA) is 51.7 Å². The van der Waals surface area contributed by atoms with Crippen LogP contribution in [0.4, 0.5) is 0 Å². The number of aromatic nitrogens is 1. The zero-order chi connectivity index (χ0) is 18.5. The molecular formula is C20H22N2O3S. The summed E-state index contributed by atoms with van der Waals surface area (Å²) in [6.45, 7) is 0.532. The maximum Gasteiger partial charge on any atom is 0.223 e. The number of amides is 1. The number of benzene rings is 2. The molecule has 0 unspecified atom stereocenters. The van der Waals surface area contributed by atoms with E-state index in [0.29, 0.717) is 30.9 Å². The number of rotatable bonds is 7. The summed E-state index contributed by atoms with van der Waals surface area (Å²) < 4.78 is 11.7. The normalized spacial score (nSPS) is 10.7. The van der Waals surface area contributed by atoms with Gasteiger partial charge < -0.3 is 14.4 Å². The van der Waals surface area contributed by atoms with Crippen LogP contribution < -0.4 is 9.47 Å². The van der Waals surface area contributed by atoms with Crippen molar-refractivity contribution in [3.63, 3.8) is 0 Å². The monoisotopic (exact) mass is 370 g/mol. The number of carbonyl (C=O) groups excluding carboxylic acids is 1. The van der Waals surface area contributed by atoms with Crippen molar-refractivity contribution in [2.45, 2.75) is 19.4 Å². The van der Waals surface area contributed by atoms with Gasteiger partial charge >= 0.3 is 0 Å². The van der Waals surface area contributed by atoms with E-state index < -0.39 is 0 Å². The number of carbonyl (C=O) groups is 1. The molecule has 5 nitrogen and oxygen atoms in total. The zero-order valence-electron chi connectivity index (χ0n) is 15.2. The first-order valence-corrected chi connectivity index (χ1v) is 9.21. The van der Waals surface area contributed by atoms with E-state index in [1.54, 1.807) is 30.5 Å². The Bertz CT molecular complexity index is 874. The first-order valence-electron chi connectivity index (χ1n) is 8.40. The van der Waals surface area contributed by atoms with Gasteiger partial charge in [-0.05, 0) is 36.2 Å². The molecule has 0 spiro atoms. The minimum absolute atomic E-state index is 0.0963. The molecule has 0 bridgehead atoms. The van der Waals surface area contributed by atoms with E-state index in [1.807, 2.05) is 43.4 Å². The van der Waals surface area contributed by atoms with Crippen LogP contribution in [0.2, 0.25) is 0 Å². The Balaban J connectivity index is 1.59. The Labute approximate surface area is 157 Å². The fraction of sp³-hybridized carbons (Fsp3) is 0.300. The van der Waals surface area contributed by atoms with E-state index >= 15 is 0 Å². The Kier molecular flexibility index (Phi) is 5.73. The van der Waals surface area contributed by atoms with Crippen LogP contribution in [0.3, 0.4) is 0 Å². The lowest BCUT2D eigenvalue weighted by Gasteiger charge is -2.16. The fourth-order valence-corrected chi connectivity index (χ4v) is 3.78. The third kappa shape index (κ3) is 4.14. The molecule has 1 heterocycles. The molecule has 26 heavy (non-hydrogen) atoms. The second-order valence-corrected chi connectivity index (χ2v) is 7.13. The van der Waals surface area contributed by atoms with E-state index in [9.17, 15) is 4.79 Å². The molecule has 0 aliphatic heterocycles. The molecule has 1 aromatic heterocycles. The van der Waals surface area contributed by atoms with Crippen LogP contribution in [0.5, 0.6) is 11.5 Å². The minimum Gasteiger partial charge on any atom is -0.493 e. The molecule has 0 saturated heterocycles. The SMILES string of the molecule is COc1ccc(CCC(=O)N(C)Cc2nc3ccccc3s2)cc1OC. The number of hydrogen-bond acceptors (Lipinski definition) is 5. The van der Waals surface area contributed by atoms with Gasteiger partial charge in [-0.15, -0.1) is 11.3 Å². The van der Waals surface area contributed by atoms with Crippen LogP contribution in [0.1, 0.15) is 17.0 Å². The summed E-state index contributed by atoms with van der Waals surface area (Å²) in [5.74, 6) is 1.47. The molecule has 0 aliphatic rings. The average Bonchev–Trinajstić information content (AvgIpc) is 3.07. The quantitative estimate of drug-likeness (QED) is 0.633. The van der Waals surface area contributed by atoms with Crippen molar-refractivity contribution < 1.29 is 14.3 Å². The van der Waals surface area contributed by atoms with Gasteiger partial charge in [0.2, 0.25) is 5.91 Å². The lowest BCUT2D eigenvalue weighted by molar-refractivity contribution is -0.130. The predicted octanol–water partition coefficient (Wildman–Crippen LogP) is 3.90. The molecule has 6 heteroatoms. The predicted molar refractivity (Wildman–Crippen MR) is 104 cm³/mol. The van der Waals surface area contributed by atoms with Gasteiger partial charge in [0.25, 0.3) is 0 Å². The number of methoxy groups -OCH3 is 2. The van der Waals surface area contributed by atoms with Gasteiger partial charge in [-0.25, -0.2) is 4.98 Å². The van der Waals surface area contributed by atoms with Crippen LogP contribution in [0.15, 0.2) is 42.5 Å². The summed E-state index contributed by atoms with van der Waals surface area (Å²) in [7, 11) is 5.04. The van der Waals surface area contributed by atoms with Crippen molar-refractivity contribution in [3.8, 4) is 11.5 Å². The molecule has 2 aromatic carbocycles. The second kappa shape index (κ2) is 8.19. The van der Waals surface area contributed by atoms with E-state index in [4.69, 9.17) is 9.47 Å². The van der Waals surface area contributed by atoms with Gasteiger partial charge in [-0.1, -0.05) is 18.2 Å². The highest BCUT2D eigenvalue weighted by molar-refractivity contribution is 7.18. The number of ether oxygens (including phenoxy) is 2. The molecule has 1 amide bonds. The standard InChI is InChI=1S/C20H22N2O3S/c1-22(13-19-21-15-6-4-5-7-18(15)26-19)20(23)11-9-14-8-10-16(24-2)17(12-14)25-3/h4-8,10,12H,9,11,13H2,1-3H3. The first-order chi connectivity index (χ1) is 12.6. The highest BCUT2D eigenvalue weighted by Gasteiger charge is 2.13. The molecule has 0 radical (unpaired) electrons. The lowest BCUT2D eigenvalue weighted by Crippen LogP contribution is -2.26. The molecule has 0 N–H and O–H groups in total. The average molecular weight is 370 g/mol. The van der Waals surface area contributed by atoms with Gasteiger partial charge in [0.15, 0.2) is 11.5 Å². The van der Waals surface area contributed by atoms with Crippen molar-refractivity contribution >= 4 is 27.5 Å². The van der Waals surface area contributed by atoms with E-state index in [0.717, 1.165) is 20.8 Å². The summed E-state index contributed by atoms with van der Waals surface area (Å²) in [6.07, 6.45) is 1.10. The molecule has 0 fully saturated rings. The highest BCUT2D eigenvalue weighted by Crippen LogP contribution is 2.28. The number of hydrogen-bond donors (Lipinski definition) is 0. The number of aryl methyl sites for hydroxylation is 1. The van der Waals surface area contributed by atoms with Crippen molar-refractivity contribution in [2.75, 3.05) is 21.3 Å². The zero-order valence-corrected chi connectivity index (χ0v) is 16.0. The summed E-state index contributed by atoms with van der Waals surface area (Å²) in [5.41, 5.74) is 2.03. The first kappa shape index (κ1) is 18.2. The Morgan fingerprint density at radius 3 is 2.62 bits per heavy atom. The van der Waals surface area contributed by atoms with E-state index in [1.165, 1.54) is 0 Å². The maximum atomic E-state index is 12.5. The second-order valence-electron chi connectivity index (χ2n) is 6.01. The molecule has 0 aliphatic carbocycles. The summed E-state index contributed by atoms with van der Waals surface area (Å²) in [4.78, 5) is 18.8. The molecule has 0 saturated carbocycles. The van der Waals surface area contributed by atoms with Gasteiger partial charge in [-0.3, -0.25) is 4.79 Å². The van der Waals surface area contributed by atoms with Gasteiger partial charge in [0, 0.05) is 13.5 Å². The van der Waals surface area contributed by atoms with Crippen molar-refractivity contribution in [1.29, 1.82) is 0 Å². The van der Waals surface area contributed by atoms with E-state index in [-0.39, 0.29) is 5.91 Å². The molecule has 0 atom stereocenters. The summed E-state index contributed by atoms with van der Waals surface area (Å²) >= 11 is 1.63. The number of nitrogens with zero attached hydrogens (tertiary/aromatic N) is 2. The fourth-order valence-electron chi connectivity index (χ4n) is 2.76. The van der Waals surface area contributed by atoms with Crippen molar-refractivity contribution in [2.24, 2.45) is 0 Å².